The maximum Gasteiger partial charge on any atom is 0.254 e. The summed E-state index contributed by atoms with van der Waals surface area (Å²) in [6.45, 7) is 0.245. The maximum absolute atomic E-state index is 14.1. The Kier molecular flexibility index (Phi) is 8.02. The molecule has 0 fully saturated rings. The Morgan fingerprint density at radius 2 is 1.88 bits per heavy atom. The summed E-state index contributed by atoms with van der Waals surface area (Å²) in [5, 5.41) is 10.1. The highest BCUT2D eigenvalue weighted by molar-refractivity contribution is 5.94. The molecule has 1 amide bonds. The second kappa shape index (κ2) is 9.74. The highest BCUT2D eigenvalue weighted by Crippen LogP contribution is 2.24. The van der Waals surface area contributed by atoms with E-state index in [1.165, 1.54) is 26.4 Å². The fourth-order valence-electron chi connectivity index (χ4n) is 2.31. The molecule has 0 heterocycles. The molecule has 0 radical (unpaired) electrons. The number of rotatable bonds is 7. The fourth-order valence-corrected chi connectivity index (χ4v) is 2.31. The molecular weight excluding hydrogens is 361 g/mol. The Labute approximate surface area is 157 Å². The number of hydrogen-bond acceptors (Lipinski definition) is 4. The van der Waals surface area contributed by atoms with Gasteiger partial charge in [0.1, 0.15) is 17.4 Å². The van der Waals surface area contributed by atoms with Crippen LogP contribution in [0.15, 0.2) is 42.5 Å². The van der Waals surface area contributed by atoms with Crippen molar-refractivity contribution in [1.29, 1.82) is 5.41 Å². The standard InChI is InChI=1S/C18H20FN3O3.ClH/c1-24-13-7-8-14(15(19)9-13)16(25-2)18(23)22-10-11-3-5-12(6-4-11)17(20)21;/h3-9,16H,10H2,1-2H3,(H3,20,21)(H,22,23);1H. The van der Waals surface area contributed by atoms with Crippen molar-refractivity contribution < 1.29 is 18.7 Å². The van der Waals surface area contributed by atoms with Crippen LogP contribution in [0.25, 0.3) is 0 Å². The molecule has 26 heavy (non-hydrogen) atoms. The van der Waals surface area contributed by atoms with E-state index in [1.807, 2.05) is 0 Å². The number of halogens is 2. The average Bonchev–Trinajstić information content (AvgIpc) is 2.62. The Morgan fingerprint density at radius 3 is 2.38 bits per heavy atom. The zero-order valence-electron chi connectivity index (χ0n) is 14.4. The highest BCUT2D eigenvalue weighted by Gasteiger charge is 2.23. The van der Waals surface area contributed by atoms with Crippen LogP contribution in [0, 0.1) is 11.2 Å². The van der Waals surface area contributed by atoms with Gasteiger partial charge in [0, 0.05) is 30.8 Å². The van der Waals surface area contributed by atoms with Gasteiger partial charge in [0.2, 0.25) is 0 Å². The molecule has 0 aliphatic carbocycles. The fraction of sp³-hybridized carbons (Fsp3) is 0.222. The lowest BCUT2D eigenvalue weighted by Gasteiger charge is -2.17. The average molecular weight is 382 g/mol. The Balaban J connectivity index is 0.00000338. The van der Waals surface area contributed by atoms with E-state index in [-0.39, 0.29) is 30.4 Å². The van der Waals surface area contributed by atoms with Crippen molar-refractivity contribution in [1.82, 2.24) is 5.32 Å². The minimum Gasteiger partial charge on any atom is -0.497 e. The lowest BCUT2D eigenvalue weighted by Crippen LogP contribution is -2.30. The number of nitrogen functional groups attached to an aromatic ring is 1. The molecule has 1 unspecified atom stereocenters. The third-order valence-electron chi connectivity index (χ3n) is 3.70. The maximum atomic E-state index is 14.1. The molecule has 0 aliphatic rings. The van der Waals surface area contributed by atoms with Gasteiger partial charge in [-0.2, -0.15) is 0 Å². The molecule has 8 heteroatoms. The smallest absolute Gasteiger partial charge is 0.254 e. The molecule has 0 spiro atoms. The van der Waals surface area contributed by atoms with Gasteiger partial charge >= 0.3 is 0 Å². The molecule has 0 aromatic heterocycles. The summed E-state index contributed by atoms with van der Waals surface area (Å²) in [4.78, 5) is 12.3. The number of amides is 1. The quantitative estimate of drug-likeness (QED) is 0.507. The van der Waals surface area contributed by atoms with Gasteiger partial charge in [-0.25, -0.2) is 4.39 Å². The molecular formula is C18H21ClFN3O3. The summed E-state index contributed by atoms with van der Waals surface area (Å²) in [6.07, 6.45) is -1.07. The van der Waals surface area contributed by atoms with E-state index < -0.39 is 17.8 Å². The van der Waals surface area contributed by atoms with Crippen LogP contribution in [-0.4, -0.2) is 26.0 Å². The lowest BCUT2D eigenvalue weighted by molar-refractivity contribution is -0.131. The summed E-state index contributed by atoms with van der Waals surface area (Å²) in [6, 6.07) is 11.1. The van der Waals surface area contributed by atoms with Crippen LogP contribution < -0.4 is 15.8 Å². The molecule has 2 aromatic carbocycles. The van der Waals surface area contributed by atoms with Crippen LogP contribution in [0.2, 0.25) is 0 Å². The number of amidine groups is 1. The van der Waals surface area contributed by atoms with Crippen molar-refractivity contribution >= 4 is 24.1 Å². The first-order chi connectivity index (χ1) is 12.0. The number of nitrogens with two attached hydrogens (primary N) is 1. The molecule has 2 rings (SSSR count). The van der Waals surface area contributed by atoms with Gasteiger partial charge in [-0.15, -0.1) is 12.4 Å². The molecule has 0 aliphatic heterocycles. The number of benzene rings is 2. The highest BCUT2D eigenvalue weighted by atomic mass is 35.5. The Hall–Kier alpha value is -2.64. The number of carbonyl (C=O) groups is 1. The van der Waals surface area contributed by atoms with E-state index in [4.69, 9.17) is 20.6 Å². The van der Waals surface area contributed by atoms with Crippen molar-refractivity contribution in [2.45, 2.75) is 12.6 Å². The zero-order chi connectivity index (χ0) is 18.4. The third kappa shape index (κ3) is 5.18. The topological polar surface area (TPSA) is 97.4 Å². The van der Waals surface area contributed by atoms with Crippen molar-refractivity contribution in [3.8, 4) is 5.75 Å². The molecule has 6 nitrogen and oxygen atoms in total. The number of hydrogen-bond donors (Lipinski definition) is 3. The van der Waals surface area contributed by atoms with Gasteiger partial charge in [-0.1, -0.05) is 24.3 Å². The van der Waals surface area contributed by atoms with Gasteiger partial charge in [0.05, 0.1) is 7.11 Å². The van der Waals surface area contributed by atoms with E-state index in [2.05, 4.69) is 5.32 Å². The van der Waals surface area contributed by atoms with Gasteiger partial charge < -0.3 is 20.5 Å². The summed E-state index contributed by atoms with van der Waals surface area (Å²) in [7, 11) is 2.78. The van der Waals surface area contributed by atoms with Crippen molar-refractivity contribution in [2.24, 2.45) is 5.73 Å². The molecule has 4 N–H and O–H groups in total. The number of carbonyl (C=O) groups excluding carboxylic acids is 1. The lowest BCUT2D eigenvalue weighted by atomic mass is 10.1. The Morgan fingerprint density at radius 1 is 1.23 bits per heavy atom. The molecule has 2 aromatic rings. The first-order valence-electron chi connectivity index (χ1n) is 7.53. The van der Waals surface area contributed by atoms with E-state index in [1.54, 1.807) is 30.3 Å². The Bertz CT molecular complexity index is 769. The minimum atomic E-state index is -1.07. The van der Waals surface area contributed by atoms with Gasteiger partial charge in [0.15, 0.2) is 6.10 Å². The van der Waals surface area contributed by atoms with E-state index in [0.29, 0.717) is 11.3 Å². The summed E-state index contributed by atoms with van der Waals surface area (Å²) < 4.78 is 24.3. The van der Waals surface area contributed by atoms with Gasteiger partial charge in [-0.3, -0.25) is 10.2 Å². The molecule has 140 valence electrons. The number of ether oxygens (including phenoxy) is 2. The second-order valence-corrected chi connectivity index (χ2v) is 5.33. The van der Waals surface area contributed by atoms with Crippen LogP contribution in [0.4, 0.5) is 4.39 Å². The first-order valence-corrected chi connectivity index (χ1v) is 7.53. The molecule has 0 bridgehead atoms. The predicted molar refractivity (Wildman–Crippen MR) is 99.3 cm³/mol. The van der Waals surface area contributed by atoms with Crippen LogP contribution in [0.1, 0.15) is 22.8 Å². The van der Waals surface area contributed by atoms with Crippen molar-refractivity contribution in [3.63, 3.8) is 0 Å². The van der Waals surface area contributed by atoms with Crippen molar-refractivity contribution in [3.05, 3.63) is 65.0 Å². The van der Waals surface area contributed by atoms with Gasteiger partial charge in [0.25, 0.3) is 5.91 Å². The van der Waals surface area contributed by atoms with E-state index in [9.17, 15) is 9.18 Å². The monoisotopic (exact) mass is 381 g/mol. The van der Waals surface area contributed by atoms with Crippen LogP contribution in [0.3, 0.4) is 0 Å². The minimum absolute atomic E-state index is 0. The van der Waals surface area contributed by atoms with Gasteiger partial charge in [-0.05, 0) is 17.7 Å². The zero-order valence-corrected chi connectivity index (χ0v) is 15.2. The van der Waals surface area contributed by atoms with Crippen LogP contribution in [-0.2, 0) is 16.1 Å². The SMILES string of the molecule is COc1ccc(C(OC)C(=O)NCc2ccc(C(=N)N)cc2)c(F)c1.Cl. The van der Waals surface area contributed by atoms with Crippen LogP contribution in [0.5, 0.6) is 5.75 Å². The summed E-state index contributed by atoms with van der Waals surface area (Å²) >= 11 is 0. The predicted octanol–water partition coefficient (Wildman–Crippen LogP) is 2.54. The first kappa shape index (κ1) is 21.4. The van der Waals surface area contributed by atoms with Crippen LogP contribution >= 0.6 is 12.4 Å². The largest absolute Gasteiger partial charge is 0.497 e. The number of methoxy groups -OCH3 is 2. The third-order valence-corrected chi connectivity index (χ3v) is 3.70. The normalized spacial score (nSPS) is 11.2. The van der Waals surface area contributed by atoms with Crippen molar-refractivity contribution in [2.75, 3.05) is 14.2 Å². The molecule has 0 saturated heterocycles. The van der Waals surface area contributed by atoms with E-state index >= 15 is 0 Å². The molecule has 0 saturated carbocycles. The summed E-state index contributed by atoms with van der Waals surface area (Å²) in [5.41, 5.74) is 6.95. The summed E-state index contributed by atoms with van der Waals surface area (Å²) in [5.74, 6) is -0.693. The number of nitrogens with one attached hydrogen (secondary N) is 2. The van der Waals surface area contributed by atoms with E-state index in [0.717, 1.165) is 5.56 Å². The second-order valence-electron chi connectivity index (χ2n) is 5.33. The molecule has 1 atom stereocenters.